The zero-order valence-corrected chi connectivity index (χ0v) is 19.0. The van der Waals surface area contributed by atoms with E-state index >= 15 is 0 Å². The van der Waals surface area contributed by atoms with Crippen molar-refractivity contribution in [3.63, 3.8) is 0 Å². The summed E-state index contributed by atoms with van der Waals surface area (Å²) in [5.41, 5.74) is 2.63. The fourth-order valence-electron chi connectivity index (χ4n) is 3.10. The number of hydrogen-bond donors (Lipinski definition) is 0. The van der Waals surface area contributed by atoms with Crippen molar-refractivity contribution >= 4 is 17.2 Å². The molecule has 0 spiro atoms. The van der Waals surface area contributed by atoms with Crippen LogP contribution in [0.2, 0.25) is 0 Å². The molecule has 0 saturated heterocycles. The van der Waals surface area contributed by atoms with Crippen LogP contribution in [0.5, 0.6) is 11.5 Å². The van der Waals surface area contributed by atoms with Crippen LogP contribution in [-0.2, 0) is 17.9 Å². The normalized spacial score (nSPS) is 10.7. The number of aryl methyl sites for hydroxylation is 1. The summed E-state index contributed by atoms with van der Waals surface area (Å²) in [6.45, 7) is 4.07. The van der Waals surface area contributed by atoms with E-state index in [1.54, 1.807) is 54.7 Å². The van der Waals surface area contributed by atoms with Gasteiger partial charge in [0.25, 0.3) is 5.91 Å². The van der Waals surface area contributed by atoms with Crippen LogP contribution < -0.4 is 9.47 Å². The molecule has 2 aromatic carbocycles. The summed E-state index contributed by atoms with van der Waals surface area (Å²) < 4.78 is 16.2. The maximum absolute atomic E-state index is 13.1. The molecule has 0 unspecified atom stereocenters. The average molecular weight is 441 g/mol. The summed E-state index contributed by atoms with van der Waals surface area (Å²) in [7, 11) is 3.27. The lowest BCUT2D eigenvalue weighted by molar-refractivity contribution is 0.0721. The van der Waals surface area contributed by atoms with E-state index in [2.05, 4.69) is 4.98 Å². The van der Waals surface area contributed by atoms with Gasteiger partial charge in [-0.3, -0.25) is 4.79 Å². The van der Waals surface area contributed by atoms with Crippen molar-refractivity contribution in [3.05, 3.63) is 75.7 Å². The van der Waals surface area contributed by atoms with Gasteiger partial charge in [0.1, 0.15) is 23.1 Å². The lowest BCUT2D eigenvalue weighted by Crippen LogP contribution is -2.32. The third-order valence-electron chi connectivity index (χ3n) is 4.70. The van der Waals surface area contributed by atoms with Crippen molar-refractivity contribution in [1.29, 1.82) is 0 Å². The Morgan fingerprint density at radius 1 is 1.10 bits per heavy atom. The van der Waals surface area contributed by atoms with E-state index in [4.69, 9.17) is 14.2 Å². The lowest BCUT2D eigenvalue weighted by Gasteiger charge is -2.22. The molecule has 0 aliphatic rings. The third-order valence-corrected chi connectivity index (χ3v) is 5.58. The van der Waals surface area contributed by atoms with Gasteiger partial charge in [0.15, 0.2) is 0 Å². The SMILES string of the molecule is COCCCN(Cc1csc(COc2cccc(C)c2)n1)C(=O)c1ccc(OC)cc1. The van der Waals surface area contributed by atoms with Crippen molar-refractivity contribution in [2.24, 2.45) is 0 Å². The minimum absolute atomic E-state index is 0.0377. The van der Waals surface area contributed by atoms with Gasteiger partial charge in [0, 0.05) is 31.2 Å². The van der Waals surface area contributed by atoms with Gasteiger partial charge in [-0.25, -0.2) is 4.98 Å². The van der Waals surface area contributed by atoms with E-state index in [0.717, 1.165) is 34.2 Å². The van der Waals surface area contributed by atoms with Crippen LogP contribution in [0.3, 0.4) is 0 Å². The largest absolute Gasteiger partial charge is 0.497 e. The maximum atomic E-state index is 13.1. The highest BCUT2D eigenvalue weighted by Crippen LogP contribution is 2.19. The molecule has 7 heteroatoms. The van der Waals surface area contributed by atoms with Crippen molar-refractivity contribution < 1.29 is 19.0 Å². The first-order valence-corrected chi connectivity index (χ1v) is 11.0. The van der Waals surface area contributed by atoms with Crippen LogP contribution >= 0.6 is 11.3 Å². The molecule has 0 bridgehead atoms. The highest BCUT2D eigenvalue weighted by molar-refractivity contribution is 7.09. The average Bonchev–Trinajstić information content (AvgIpc) is 3.24. The summed E-state index contributed by atoms with van der Waals surface area (Å²) in [5.74, 6) is 1.51. The number of carbonyl (C=O) groups excluding carboxylic acids is 1. The zero-order chi connectivity index (χ0) is 22.1. The number of thiazole rings is 1. The van der Waals surface area contributed by atoms with Crippen LogP contribution in [0.25, 0.3) is 0 Å². The second kappa shape index (κ2) is 11.5. The Bertz CT molecular complexity index is 972. The molecule has 3 aromatic rings. The smallest absolute Gasteiger partial charge is 0.254 e. The first-order valence-electron chi connectivity index (χ1n) is 10.1. The molecule has 0 N–H and O–H groups in total. The molecular formula is C24H28N2O4S. The van der Waals surface area contributed by atoms with Gasteiger partial charge in [0.05, 0.1) is 19.3 Å². The van der Waals surface area contributed by atoms with Gasteiger partial charge in [-0.2, -0.15) is 0 Å². The standard InChI is InChI=1S/C24H28N2O4S/c1-18-6-4-7-22(14-18)30-16-23-25-20(17-31-23)15-26(12-5-13-28-2)24(27)19-8-10-21(29-3)11-9-19/h4,6-11,14,17H,5,12-13,15-16H2,1-3H3. The van der Waals surface area contributed by atoms with Crippen molar-refractivity contribution in [2.45, 2.75) is 26.5 Å². The highest BCUT2D eigenvalue weighted by Gasteiger charge is 2.18. The second-order valence-electron chi connectivity index (χ2n) is 7.14. The Kier molecular flexibility index (Phi) is 8.44. The monoisotopic (exact) mass is 440 g/mol. The fraction of sp³-hybridized carbons (Fsp3) is 0.333. The summed E-state index contributed by atoms with van der Waals surface area (Å²) in [4.78, 5) is 19.6. The molecule has 1 aromatic heterocycles. The number of methoxy groups -OCH3 is 2. The van der Waals surface area contributed by atoms with Crippen molar-refractivity contribution in [3.8, 4) is 11.5 Å². The Balaban J connectivity index is 1.65. The predicted octanol–water partition coefficient (Wildman–Crippen LogP) is 4.72. The highest BCUT2D eigenvalue weighted by atomic mass is 32.1. The number of nitrogens with zero attached hydrogens (tertiary/aromatic N) is 2. The molecule has 6 nitrogen and oxygen atoms in total. The number of aromatic nitrogens is 1. The van der Waals surface area contributed by atoms with Gasteiger partial charge in [-0.05, 0) is 55.3 Å². The number of hydrogen-bond acceptors (Lipinski definition) is 6. The van der Waals surface area contributed by atoms with E-state index in [-0.39, 0.29) is 5.91 Å². The molecular weight excluding hydrogens is 412 g/mol. The van der Waals surface area contributed by atoms with Gasteiger partial charge >= 0.3 is 0 Å². The van der Waals surface area contributed by atoms with E-state index in [1.807, 2.05) is 36.6 Å². The van der Waals surface area contributed by atoms with Gasteiger partial charge in [-0.15, -0.1) is 11.3 Å². The molecule has 31 heavy (non-hydrogen) atoms. The molecule has 0 aliphatic carbocycles. The van der Waals surface area contributed by atoms with E-state index in [1.165, 1.54) is 0 Å². The van der Waals surface area contributed by atoms with E-state index in [0.29, 0.717) is 31.9 Å². The molecule has 0 radical (unpaired) electrons. The summed E-state index contributed by atoms with van der Waals surface area (Å²) in [6.07, 6.45) is 0.756. The van der Waals surface area contributed by atoms with Crippen LogP contribution in [0.4, 0.5) is 0 Å². The molecule has 3 rings (SSSR count). The zero-order valence-electron chi connectivity index (χ0n) is 18.2. The molecule has 1 amide bonds. The number of amides is 1. The van der Waals surface area contributed by atoms with Crippen LogP contribution in [0, 0.1) is 6.92 Å². The van der Waals surface area contributed by atoms with Gasteiger partial charge < -0.3 is 19.1 Å². The lowest BCUT2D eigenvalue weighted by atomic mass is 10.2. The van der Waals surface area contributed by atoms with Gasteiger partial charge in [0.2, 0.25) is 0 Å². The Hall–Kier alpha value is -2.90. The fourth-order valence-corrected chi connectivity index (χ4v) is 3.80. The molecule has 0 fully saturated rings. The van der Waals surface area contributed by atoms with Crippen LogP contribution in [-0.4, -0.2) is 43.2 Å². The Morgan fingerprint density at radius 3 is 2.61 bits per heavy atom. The summed E-state index contributed by atoms with van der Waals surface area (Å²) in [6, 6.07) is 15.1. The number of rotatable bonds is 11. The molecule has 0 atom stereocenters. The quantitative estimate of drug-likeness (QED) is 0.404. The first kappa shape index (κ1) is 22.8. The number of benzene rings is 2. The minimum Gasteiger partial charge on any atom is -0.497 e. The van der Waals surface area contributed by atoms with Crippen molar-refractivity contribution in [1.82, 2.24) is 9.88 Å². The number of ether oxygens (including phenoxy) is 3. The van der Waals surface area contributed by atoms with Crippen LogP contribution in [0.15, 0.2) is 53.9 Å². The van der Waals surface area contributed by atoms with Gasteiger partial charge in [-0.1, -0.05) is 12.1 Å². The molecule has 0 saturated carbocycles. The Morgan fingerprint density at radius 2 is 1.90 bits per heavy atom. The predicted molar refractivity (Wildman–Crippen MR) is 122 cm³/mol. The topological polar surface area (TPSA) is 60.9 Å². The maximum Gasteiger partial charge on any atom is 0.254 e. The summed E-state index contributed by atoms with van der Waals surface area (Å²) >= 11 is 1.54. The van der Waals surface area contributed by atoms with Crippen LogP contribution in [0.1, 0.15) is 33.0 Å². The molecule has 164 valence electrons. The number of carbonyl (C=O) groups is 1. The van der Waals surface area contributed by atoms with E-state index in [9.17, 15) is 4.79 Å². The molecule has 1 heterocycles. The minimum atomic E-state index is -0.0377. The first-order chi connectivity index (χ1) is 15.1. The Labute approximate surface area is 187 Å². The molecule has 0 aliphatic heterocycles. The van der Waals surface area contributed by atoms with Crippen molar-refractivity contribution in [2.75, 3.05) is 27.4 Å². The third kappa shape index (κ3) is 6.80. The van der Waals surface area contributed by atoms with E-state index < -0.39 is 0 Å². The summed E-state index contributed by atoms with van der Waals surface area (Å²) in [5, 5.41) is 2.87. The second-order valence-corrected chi connectivity index (χ2v) is 8.08.